The Morgan fingerprint density at radius 2 is 1.87 bits per heavy atom. The second-order valence-electron chi connectivity index (χ2n) is 7.80. The second kappa shape index (κ2) is 9.28. The third-order valence-corrected chi connectivity index (χ3v) is 7.74. The fraction of sp³-hybridized carbons (Fsp3) is 0.524. The molecular formula is C21H30N4O4S. The largest absolute Gasteiger partial charge is 0.360 e. The number of nitrogens with zero attached hydrogens (tertiary/aromatic N) is 4. The van der Waals surface area contributed by atoms with E-state index in [1.54, 1.807) is 25.8 Å². The summed E-state index contributed by atoms with van der Waals surface area (Å²) in [4.78, 5) is 16.9. The van der Waals surface area contributed by atoms with Gasteiger partial charge in [-0.3, -0.25) is 9.69 Å². The first kappa shape index (κ1) is 22.5. The van der Waals surface area contributed by atoms with Gasteiger partial charge in [-0.05, 0) is 32.8 Å². The zero-order valence-corrected chi connectivity index (χ0v) is 18.9. The van der Waals surface area contributed by atoms with Crippen LogP contribution in [0, 0.1) is 13.8 Å². The lowest BCUT2D eigenvalue weighted by molar-refractivity contribution is -0.135. The van der Waals surface area contributed by atoms with Crippen molar-refractivity contribution >= 4 is 15.9 Å². The molecule has 1 unspecified atom stereocenters. The number of aromatic nitrogens is 1. The summed E-state index contributed by atoms with van der Waals surface area (Å²) in [5.74, 6) is 0.334. The van der Waals surface area contributed by atoms with E-state index in [2.05, 4.69) is 10.1 Å². The van der Waals surface area contributed by atoms with Crippen LogP contribution in [0.25, 0.3) is 0 Å². The summed E-state index contributed by atoms with van der Waals surface area (Å²) in [5.41, 5.74) is 1.45. The molecule has 0 bridgehead atoms. The Kier molecular flexibility index (Phi) is 6.95. The van der Waals surface area contributed by atoms with Crippen molar-refractivity contribution in [2.75, 3.05) is 33.2 Å². The highest BCUT2D eigenvalue weighted by Crippen LogP contribution is 2.24. The molecule has 1 saturated heterocycles. The van der Waals surface area contributed by atoms with Crippen molar-refractivity contribution in [3.8, 4) is 0 Å². The van der Waals surface area contributed by atoms with Gasteiger partial charge in [0.1, 0.15) is 10.6 Å². The number of sulfonamides is 1. The van der Waals surface area contributed by atoms with Crippen molar-refractivity contribution in [3.63, 3.8) is 0 Å². The lowest BCUT2D eigenvalue weighted by atomic mass is 10.2. The first-order valence-electron chi connectivity index (χ1n) is 10.2. The lowest BCUT2D eigenvalue weighted by Gasteiger charge is -2.30. The Bertz CT molecular complexity index is 955. The van der Waals surface area contributed by atoms with Gasteiger partial charge in [-0.1, -0.05) is 35.5 Å². The molecule has 8 nitrogen and oxygen atoms in total. The van der Waals surface area contributed by atoms with Crippen LogP contribution in [0.5, 0.6) is 0 Å². The molecule has 1 aromatic heterocycles. The highest BCUT2D eigenvalue weighted by atomic mass is 32.2. The molecule has 1 atom stereocenters. The zero-order chi connectivity index (χ0) is 21.9. The van der Waals surface area contributed by atoms with E-state index >= 15 is 0 Å². The molecule has 3 rings (SSSR count). The molecule has 1 aliphatic heterocycles. The van der Waals surface area contributed by atoms with Gasteiger partial charge in [0, 0.05) is 39.8 Å². The Balaban J connectivity index is 1.65. The molecule has 0 N–H and O–H groups in total. The summed E-state index contributed by atoms with van der Waals surface area (Å²) in [6.45, 7) is 7.58. The van der Waals surface area contributed by atoms with E-state index in [0.717, 1.165) is 5.56 Å². The van der Waals surface area contributed by atoms with Crippen LogP contribution < -0.4 is 0 Å². The van der Waals surface area contributed by atoms with Gasteiger partial charge in [0.2, 0.25) is 15.9 Å². The van der Waals surface area contributed by atoms with Gasteiger partial charge in [0.05, 0.1) is 6.04 Å². The van der Waals surface area contributed by atoms with E-state index in [4.69, 9.17) is 4.52 Å². The molecule has 2 heterocycles. The maximum absolute atomic E-state index is 13.1. The van der Waals surface area contributed by atoms with Crippen LogP contribution in [0.3, 0.4) is 0 Å². The minimum atomic E-state index is -3.67. The number of benzene rings is 1. The number of hydrogen-bond donors (Lipinski definition) is 0. The average molecular weight is 435 g/mol. The first-order valence-corrected chi connectivity index (χ1v) is 11.6. The topological polar surface area (TPSA) is 87.0 Å². The summed E-state index contributed by atoms with van der Waals surface area (Å²) in [5, 5.41) is 3.78. The first-order chi connectivity index (χ1) is 14.2. The Labute approximate surface area is 178 Å². The molecule has 1 fully saturated rings. The van der Waals surface area contributed by atoms with E-state index in [1.165, 1.54) is 4.31 Å². The van der Waals surface area contributed by atoms with Crippen molar-refractivity contribution < 1.29 is 17.7 Å². The average Bonchev–Trinajstić information content (AvgIpc) is 2.92. The van der Waals surface area contributed by atoms with Crippen molar-refractivity contribution in [3.05, 3.63) is 47.3 Å². The van der Waals surface area contributed by atoms with Crippen molar-refractivity contribution in [2.24, 2.45) is 0 Å². The minimum Gasteiger partial charge on any atom is -0.360 e. The quantitative estimate of drug-likeness (QED) is 0.691. The summed E-state index contributed by atoms with van der Waals surface area (Å²) in [6, 6.07) is 9.54. The van der Waals surface area contributed by atoms with E-state index in [9.17, 15) is 13.2 Å². The molecule has 0 saturated carbocycles. The summed E-state index contributed by atoms with van der Waals surface area (Å²) in [7, 11) is -1.87. The number of likely N-dealkylation sites (N-methyl/N-ethyl adjacent to an activating group) is 1. The van der Waals surface area contributed by atoms with Crippen LogP contribution in [0.1, 0.15) is 30.4 Å². The monoisotopic (exact) mass is 434 g/mol. The van der Waals surface area contributed by atoms with Crippen molar-refractivity contribution in [1.82, 2.24) is 19.3 Å². The van der Waals surface area contributed by atoms with Gasteiger partial charge in [-0.2, -0.15) is 4.31 Å². The van der Waals surface area contributed by atoms with Crippen molar-refractivity contribution in [2.45, 2.75) is 44.7 Å². The number of hydrogen-bond acceptors (Lipinski definition) is 6. The van der Waals surface area contributed by atoms with E-state index in [-0.39, 0.29) is 16.8 Å². The van der Waals surface area contributed by atoms with Crippen molar-refractivity contribution in [1.29, 1.82) is 0 Å². The van der Waals surface area contributed by atoms with Gasteiger partial charge >= 0.3 is 0 Å². The number of amides is 1. The Morgan fingerprint density at radius 1 is 1.17 bits per heavy atom. The second-order valence-corrected chi connectivity index (χ2v) is 9.68. The third-order valence-electron chi connectivity index (χ3n) is 5.60. The molecule has 30 heavy (non-hydrogen) atoms. The molecule has 0 radical (unpaired) electrons. The SMILES string of the molecule is Cc1noc(C)c1S(=O)(=O)N1CCCN(C(C)C(=O)N(C)Cc2ccccc2)CC1. The number of carbonyl (C=O) groups excluding carboxylic acids is 1. The van der Waals surface area contributed by atoms with Crippen LogP contribution in [-0.2, 0) is 21.4 Å². The molecule has 1 aliphatic rings. The van der Waals surface area contributed by atoms with Gasteiger partial charge in [0.25, 0.3) is 0 Å². The fourth-order valence-corrected chi connectivity index (χ4v) is 5.68. The molecule has 9 heteroatoms. The lowest BCUT2D eigenvalue weighted by Crippen LogP contribution is -2.47. The van der Waals surface area contributed by atoms with Gasteiger partial charge < -0.3 is 9.42 Å². The van der Waals surface area contributed by atoms with Crippen LogP contribution in [0.15, 0.2) is 39.8 Å². The van der Waals surface area contributed by atoms with E-state index < -0.39 is 10.0 Å². The maximum Gasteiger partial charge on any atom is 0.248 e. The smallest absolute Gasteiger partial charge is 0.248 e. The number of carbonyl (C=O) groups is 1. The molecule has 1 amide bonds. The summed E-state index contributed by atoms with van der Waals surface area (Å²) < 4.78 is 32.7. The molecule has 0 aliphatic carbocycles. The Morgan fingerprint density at radius 3 is 2.50 bits per heavy atom. The highest BCUT2D eigenvalue weighted by molar-refractivity contribution is 7.89. The highest BCUT2D eigenvalue weighted by Gasteiger charge is 2.34. The van der Waals surface area contributed by atoms with Crippen LogP contribution in [0.4, 0.5) is 0 Å². The van der Waals surface area contributed by atoms with E-state index in [1.807, 2.05) is 37.3 Å². The number of aryl methyl sites for hydroxylation is 2. The van der Waals surface area contributed by atoms with Crippen LogP contribution in [0.2, 0.25) is 0 Å². The minimum absolute atomic E-state index is 0.0286. The van der Waals surface area contributed by atoms with Gasteiger partial charge in [-0.25, -0.2) is 8.42 Å². The molecule has 164 valence electrons. The van der Waals surface area contributed by atoms with Crippen LogP contribution >= 0.6 is 0 Å². The van der Waals surface area contributed by atoms with Crippen LogP contribution in [-0.4, -0.2) is 72.9 Å². The summed E-state index contributed by atoms with van der Waals surface area (Å²) >= 11 is 0. The molecule has 0 spiro atoms. The maximum atomic E-state index is 13.1. The Hall–Kier alpha value is -2.23. The third kappa shape index (κ3) is 4.74. The van der Waals surface area contributed by atoms with E-state index in [0.29, 0.717) is 50.6 Å². The summed E-state index contributed by atoms with van der Waals surface area (Å²) in [6.07, 6.45) is 0.655. The standard InChI is InChI=1S/C21H30N4O4S/c1-16-20(18(3)29-22-16)30(27,28)25-12-8-11-24(13-14-25)17(2)21(26)23(4)15-19-9-6-5-7-10-19/h5-7,9-10,17H,8,11-15H2,1-4H3. The predicted octanol–water partition coefficient (Wildman–Crippen LogP) is 2.03. The fourth-order valence-electron chi connectivity index (χ4n) is 3.92. The zero-order valence-electron chi connectivity index (χ0n) is 18.0. The number of rotatable bonds is 6. The molecule has 2 aromatic rings. The van der Waals surface area contributed by atoms with Gasteiger partial charge in [0.15, 0.2) is 5.76 Å². The molecular weight excluding hydrogens is 404 g/mol. The molecule has 1 aromatic carbocycles. The predicted molar refractivity (Wildman–Crippen MR) is 113 cm³/mol. The normalized spacial score (nSPS) is 17.5. The van der Waals surface area contributed by atoms with Gasteiger partial charge in [-0.15, -0.1) is 0 Å².